The number of benzene rings is 4. The Labute approximate surface area is 167 Å². The van der Waals surface area contributed by atoms with E-state index >= 15 is 0 Å². The van der Waals surface area contributed by atoms with E-state index in [1.165, 1.54) is 6.08 Å². The molecule has 0 aliphatic rings. The largest absolute Gasteiger partial charge is 0.399 e. The van der Waals surface area contributed by atoms with Crippen LogP contribution in [0.5, 0.6) is 0 Å². The molecule has 4 aromatic rings. The van der Waals surface area contributed by atoms with Crippen LogP contribution in [0.2, 0.25) is 0 Å². The summed E-state index contributed by atoms with van der Waals surface area (Å²) >= 11 is 0. The van der Waals surface area contributed by atoms with Gasteiger partial charge in [-0.05, 0) is 33.0 Å². The molecule has 1 atom stereocenters. The molecule has 144 valence electrons. The molecule has 0 fully saturated rings. The van der Waals surface area contributed by atoms with Crippen LogP contribution < -0.4 is 0 Å². The van der Waals surface area contributed by atoms with Crippen LogP contribution in [-0.4, -0.2) is 6.18 Å². The van der Waals surface area contributed by atoms with Crippen LogP contribution >= 0.6 is 0 Å². The second kappa shape index (κ2) is 7.96. The van der Waals surface area contributed by atoms with E-state index in [0.29, 0.717) is 5.57 Å². The average molecular weight is 388 g/mol. The van der Waals surface area contributed by atoms with Gasteiger partial charge in [-0.3, -0.25) is 0 Å². The Balaban J connectivity index is 1.89. The van der Waals surface area contributed by atoms with Crippen LogP contribution in [0, 0.1) is 0 Å². The number of hydrogen-bond donors (Lipinski definition) is 0. The summed E-state index contributed by atoms with van der Waals surface area (Å²) in [5, 5.41) is 1.72. The minimum absolute atomic E-state index is 0.237. The third kappa shape index (κ3) is 4.24. The number of hydrogen-bond acceptors (Lipinski definition) is 0. The third-order valence-corrected chi connectivity index (χ3v) is 4.99. The third-order valence-electron chi connectivity index (χ3n) is 4.99. The average Bonchev–Trinajstić information content (AvgIpc) is 2.74. The molecule has 0 radical (unpaired) electrons. The molecule has 4 rings (SSSR count). The van der Waals surface area contributed by atoms with E-state index < -0.39 is 12.1 Å². The summed E-state index contributed by atoms with van der Waals surface area (Å²) < 4.78 is 42.5. The van der Waals surface area contributed by atoms with Gasteiger partial charge in [0.1, 0.15) is 0 Å². The number of fused-ring (bicyclic) bond motifs is 1. The Hall–Kier alpha value is -3.33. The topological polar surface area (TPSA) is 0 Å². The molecule has 0 saturated carbocycles. The van der Waals surface area contributed by atoms with E-state index in [1.807, 2.05) is 84.9 Å². The predicted molar refractivity (Wildman–Crippen MR) is 113 cm³/mol. The number of allylic oxidation sites excluding steroid dienone is 1. The van der Waals surface area contributed by atoms with Gasteiger partial charge in [-0.15, -0.1) is 0 Å². The molecule has 0 spiro atoms. The second-order valence-corrected chi connectivity index (χ2v) is 6.94. The Morgan fingerprint density at radius 3 is 1.69 bits per heavy atom. The maximum absolute atomic E-state index is 14.2. The molecule has 0 saturated heterocycles. The number of rotatable bonds is 4. The van der Waals surface area contributed by atoms with Gasteiger partial charge < -0.3 is 0 Å². The summed E-state index contributed by atoms with van der Waals surface area (Å²) in [5.41, 5.74) is 2.32. The van der Waals surface area contributed by atoms with Gasteiger partial charge in [0.15, 0.2) is 0 Å². The van der Waals surface area contributed by atoms with Gasteiger partial charge in [-0.1, -0.05) is 109 Å². The molecule has 3 heteroatoms. The fourth-order valence-corrected chi connectivity index (χ4v) is 3.54. The van der Waals surface area contributed by atoms with Crippen molar-refractivity contribution in [2.45, 2.75) is 12.1 Å². The highest BCUT2D eigenvalue weighted by Gasteiger charge is 2.39. The van der Waals surface area contributed by atoms with Gasteiger partial charge in [-0.25, -0.2) is 0 Å². The zero-order valence-corrected chi connectivity index (χ0v) is 15.6. The van der Waals surface area contributed by atoms with E-state index in [-0.39, 0.29) is 5.56 Å². The fourth-order valence-electron chi connectivity index (χ4n) is 3.54. The summed E-state index contributed by atoms with van der Waals surface area (Å²) in [6.07, 6.45) is -3.06. The van der Waals surface area contributed by atoms with Crippen molar-refractivity contribution in [3.63, 3.8) is 0 Å². The first-order chi connectivity index (χ1) is 14.0. The molecule has 0 amide bonds. The number of halogens is 3. The molecule has 0 heterocycles. The molecule has 0 N–H and O–H groups in total. The van der Waals surface area contributed by atoms with E-state index in [1.54, 1.807) is 18.2 Å². The minimum Gasteiger partial charge on any atom is -0.170 e. The van der Waals surface area contributed by atoms with Gasteiger partial charge in [0, 0.05) is 0 Å². The highest BCUT2D eigenvalue weighted by Crippen LogP contribution is 2.40. The summed E-state index contributed by atoms with van der Waals surface area (Å²) in [4.78, 5) is 0. The van der Waals surface area contributed by atoms with Crippen LogP contribution in [0.3, 0.4) is 0 Å². The summed E-state index contributed by atoms with van der Waals surface area (Å²) in [5.74, 6) is -1.71. The highest BCUT2D eigenvalue weighted by atomic mass is 19.4. The standard InChI is InChI=1S/C26H19F3/c27-26(28,29)25(23-16-15-19-9-7-8-14-22(19)17-23)18-24(20-10-3-1-4-11-20)21-12-5-2-6-13-21/h1-18,25H. The molecule has 1 unspecified atom stereocenters. The second-order valence-electron chi connectivity index (χ2n) is 6.94. The van der Waals surface area contributed by atoms with E-state index in [9.17, 15) is 13.2 Å². The highest BCUT2D eigenvalue weighted by molar-refractivity contribution is 5.84. The molecule has 0 bridgehead atoms. The van der Waals surface area contributed by atoms with Gasteiger partial charge in [-0.2, -0.15) is 13.2 Å². The van der Waals surface area contributed by atoms with Crippen molar-refractivity contribution < 1.29 is 13.2 Å². The summed E-state index contributed by atoms with van der Waals surface area (Å²) in [6, 6.07) is 30.8. The normalized spacial score (nSPS) is 12.5. The minimum atomic E-state index is -4.41. The molecule has 0 nitrogen and oxygen atoms in total. The van der Waals surface area contributed by atoms with E-state index in [4.69, 9.17) is 0 Å². The van der Waals surface area contributed by atoms with Crippen molar-refractivity contribution in [2.24, 2.45) is 0 Å². The lowest BCUT2D eigenvalue weighted by Crippen LogP contribution is -2.19. The number of alkyl halides is 3. The lowest BCUT2D eigenvalue weighted by atomic mass is 9.89. The van der Waals surface area contributed by atoms with Gasteiger partial charge in [0.05, 0.1) is 5.92 Å². The van der Waals surface area contributed by atoms with Crippen LogP contribution in [-0.2, 0) is 0 Å². The van der Waals surface area contributed by atoms with E-state index in [0.717, 1.165) is 21.9 Å². The molecule has 29 heavy (non-hydrogen) atoms. The molecular weight excluding hydrogens is 369 g/mol. The lowest BCUT2D eigenvalue weighted by molar-refractivity contribution is -0.139. The van der Waals surface area contributed by atoms with Crippen molar-refractivity contribution in [2.75, 3.05) is 0 Å². The maximum atomic E-state index is 14.2. The fraction of sp³-hybridized carbons (Fsp3) is 0.0769. The Morgan fingerprint density at radius 2 is 1.14 bits per heavy atom. The first kappa shape index (κ1) is 19.0. The summed E-state index contributed by atoms with van der Waals surface area (Å²) in [6.45, 7) is 0. The van der Waals surface area contributed by atoms with E-state index in [2.05, 4.69) is 0 Å². The molecule has 0 aromatic heterocycles. The van der Waals surface area contributed by atoms with Gasteiger partial charge in [0.2, 0.25) is 0 Å². The van der Waals surface area contributed by atoms with Crippen LogP contribution in [0.1, 0.15) is 22.6 Å². The molecular formula is C26H19F3. The smallest absolute Gasteiger partial charge is 0.170 e. The first-order valence-electron chi connectivity index (χ1n) is 9.40. The lowest BCUT2D eigenvalue weighted by Gasteiger charge is -2.20. The SMILES string of the molecule is FC(F)(F)C(C=C(c1ccccc1)c1ccccc1)c1ccc2ccccc2c1. The molecule has 0 aliphatic carbocycles. The van der Waals surface area contributed by atoms with Crippen molar-refractivity contribution in [1.82, 2.24) is 0 Å². The Kier molecular flexibility index (Phi) is 5.22. The molecule has 4 aromatic carbocycles. The van der Waals surface area contributed by atoms with Crippen molar-refractivity contribution >= 4 is 16.3 Å². The summed E-state index contributed by atoms with van der Waals surface area (Å²) in [7, 11) is 0. The Morgan fingerprint density at radius 1 is 0.621 bits per heavy atom. The van der Waals surface area contributed by atoms with Crippen LogP contribution in [0.15, 0.2) is 109 Å². The van der Waals surface area contributed by atoms with Crippen molar-refractivity contribution in [1.29, 1.82) is 0 Å². The quantitative estimate of drug-likeness (QED) is 0.337. The van der Waals surface area contributed by atoms with Crippen LogP contribution in [0.25, 0.3) is 16.3 Å². The predicted octanol–water partition coefficient (Wildman–Crippen LogP) is 7.62. The zero-order chi connectivity index (χ0) is 20.3. The van der Waals surface area contributed by atoms with Crippen LogP contribution in [0.4, 0.5) is 13.2 Å². The monoisotopic (exact) mass is 388 g/mol. The van der Waals surface area contributed by atoms with Gasteiger partial charge >= 0.3 is 6.18 Å². The molecule has 0 aliphatic heterocycles. The zero-order valence-electron chi connectivity index (χ0n) is 15.6. The Bertz CT molecular complexity index is 1090. The van der Waals surface area contributed by atoms with Gasteiger partial charge in [0.25, 0.3) is 0 Å². The van der Waals surface area contributed by atoms with Crippen molar-refractivity contribution in [3.05, 3.63) is 126 Å². The maximum Gasteiger partial charge on any atom is 0.399 e. The first-order valence-corrected chi connectivity index (χ1v) is 9.40. The van der Waals surface area contributed by atoms with Crippen molar-refractivity contribution in [3.8, 4) is 0 Å².